The van der Waals surface area contributed by atoms with E-state index in [1.807, 2.05) is 0 Å². The molecule has 0 saturated carbocycles. The number of hydrogen-bond donors (Lipinski definition) is 2. The first-order valence-electron chi connectivity index (χ1n) is 6.38. The first-order valence-corrected chi connectivity index (χ1v) is 6.38. The molecule has 0 unspecified atom stereocenters. The van der Waals surface area contributed by atoms with E-state index >= 15 is 0 Å². The van der Waals surface area contributed by atoms with Crippen molar-refractivity contribution in [3.63, 3.8) is 0 Å². The van der Waals surface area contributed by atoms with Gasteiger partial charge in [0.15, 0.2) is 5.43 Å². The van der Waals surface area contributed by atoms with E-state index in [-0.39, 0.29) is 11.1 Å². The summed E-state index contributed by atoms with van der Waals surface area (Å²) in [7, 11) is 0. The van der Waals surface area contributed by atoms with Crippen molar-refractivity contribution >= 4 is 17.1 Å². The fraction of sp³-hybridized carbons (Fsp3) is 0. The highest BCUT2D eigenvalue weighted by molar-refractivity contribution is 5.80. The van der Waals surface area contributed by atoms with E-state index in [1.54, 1.807) is 18.2 Å². The van der Waals surface area contributed by atoms with Crippen molar-refractivity contribution in [3.8, 4) is 5.69 Å². The maximum absolute atomic E-state index is 13.8. The van der Waals surface area contributed by atoms with E-state index in [4.69, 9.17) is 15.0 Å². The molecule has 5 nitrogen and oxygen atoms in total. The van der Waals surface area contributed by atoms with Gasteiger partial charge in [0.25, 0.3) is 0 Å². The Kier molecular flexibility index (Phi) is 4.70. The summed E-state index contributed by atoms with van der Waals surface area (Å²) >= 11 is 0. The molecule has 1 heterocycles. The fourth-order valence-electron chi connectivity index (χ4n) is 2.08. The summed E-state index contributed by atoms with van der Waals surface area (Å²) in [6.07, 6.45) is -0.386. The van der Waals surface area contributed by atoms with Gasteiger partial charge in [0.05, 0.1) is 11.2 Å². The molecule has 0 aliphatic heterocycles. The maximum atomic E-state index is 13.8. The minimum absolute atomic E-state index is 0.220. The van der Waals surface area contributed by atoms with Crippen LogP contribution in [0.15, 0.2) is 59.5 Å². The van der Waals surface area contributed by atoms with Crippen molar-refractivity contribution in [2.24, 2.45) is 0 Å². The first-order chi connectivity index (χ1) is 10.9. The van der Waals surface area contributed by atoms with E-state index in [2.05, 4.69) is 0 Å². The number of halogens is 2. The second kappa shape index (κ2) is 6.69. The van der Waals surface area contributed by atoms with Gasteiger partial charge < -0.3 is 14.8 Å². The Morgan fingerprint density at radius 2 is 1.65 bits per heavy atom. The molecule has 0 saturated heterocycles. The van der Waals surface area contributed by atoms with Gasteiger partial charge in [-0.3, -0.25) is 4.79 Å². The number of aromatic nitrogens is 1. The average Bonchev–Trinajstić information content (AvgIpc) is 2.48. The normalized spacial score (nSPS) is 10.0. The number of fused-ring (bicyclic) bond motifs is 1. The lowest BCUT2D eigenvalue weighted by Crippen LogP contribution is -2.08. The van der Waals surface area contributed by atoms with Crippen LogP contribution in [-0.4, -0.2) is 20.9 Å². The van der Waals surface area contributed by atoms with Gasteiger partial charge in [-0.15, -0.1) is 0 Å². The summed E-state index contributed by atoms with van der Waals surface area (Å²) in [5.41, 5.74) is 0.401. The first kappa shape index (κ1) is 16.2. The van der Waals surface area contributed by atoms with Gasteiger partial charge in [-0.05, 0) is 30.3 Å². The maximum Gasteiger partial charge on any atom is 0.503 e. The van der Waals surface area contributed by atoms with Gasteiger partial charge in [0, 0.05) is 17.6 Å². The van der Waals surface area contributed by atoms with Gasteiger partial charge in [0.2, 0.25) is 0 Å². The molecule has 0 amide bonds. The molecular formula is C16H11F2NO4. The van der Waals surface area contributed by atoms with Gasteiger partial charge in [0.1, 0.15) is 11.6 Å². The van der Waals surface area contributed by atoms with Gasteiger partial charge in [-0.2, -0.15) is 0 Å². The van der Waals surface area contributed by atoms with Crippen molar-refractivity contribution in [2.75, 3.05) is 0 Å². The zero-order chi connectivity index (χ0) is 17.0. The van der Waals surface area contributed by atoms with Crippen molar-refractivity contribution in [3.05, 3.63) is 76.6 Å². The summed E-state index contributed by atoms with van der Waals surface area (Å²) in [6.45, 7) is 0. The number of pyridine rings is 1. The van der Waals surface area contributed by atoms with Gasteiger partial charge >= 0.3 is 6.16 Å². The number of para-hydroxylation sites is 1. The van der Waals surface area contributed by atoms with Gasteiger partial charge in [-0.25, -0.2) is 13.6 Å². The lowest BCUT2D eigenvalue weighted by atomic mass is 10.2. The molecule has 1 aromatic heterocycles. The molecule has 0 aliphatic carbocycles. The van der Waals surface area contributed by atoms with E-state index < -0.39 is 17.8 Å². The molecule has 2 aromatic carbocycles. The van der Waals surface area contributed by atoms with Gasteiger partial charge in [-0.1, -0.05) is 12.1 Å². The molecule has 7 heteroatoms. The third-order valence-electron chi connectivity index (χ3n) is 2.97. The lowest BCUT2D eigenvalue weighted by Gasteiger charge is -2.11. The van der Waals surface area contributed by atoms with Crippen molar-refractivity contribution in [1.29, 1.82) is 0 Å². The minimum atomic E-state index is -1.83. The largest absolute Gasteiger partial charge is 0.503 e. The molecule has 0 atom stereocenters. The van der Waals surface area contributed by atoms with Crippen LogP contribution in [0.5, 0.6) is 0 Å². The average molecular weight is 319 g/mol. The molecule has 23 heavy (non-hydrogen) atoms. The van der Waals surface area contributed by atoms with Crippen LogP contribution < -0.4 is 5.43 Å². The van der Waals surface area contributed by atoms with E-state index in [9.17, 15) is 13.6 Å². The summed E-state index contributed by atoms with van der Waals surface area (Å²) < 4.78 is 28.6. The monoisotopic (exact) mass is 319 g/mol. The topological polar surface area (TPSA) is 79.5 Å². The Hall–Kier alpha value is -3.22. The summed E-state index contributed by atoms with van der Waals surface area (Å²) in [6, 6.07) is 11.3. The number of hydrogen-bond acceptors (Lipinski definition) is 2. The van der Waals surface area contributed by atoms with Crippen LogP contribution in [0, 0.1) is 11.6 Å². The van der Waals surface area contributed by atoms with Crippen molar-refractivity contribution in [1.82, 2.24) is 4.57 Å². The summed E-state index contributed by atoms with van der Waals surface area (Å²) in [5, 5.41) is 14.3. The molecule has 0 fully saturated rings. The van der Waals surface area contributed by atoms with Crippen LogP contribution in [0.25, 0.3) is 16.6 Å². The molecule has 3 rings (SSSR count). The van der Waals surface area contributed by atoms with Crippen LogP contribution in [-0.2, 0) is 0 Å². The quantitative estimate of drug-likeness (QED) is 0.719. The standard InChI is InChI=1S/C15H9F2NO.CH2O3/c16-10-5-6-11-14(9-10)18(8-7-15(11)19)13-4-2-1-3-12(13)17;2-1(3)4/h1-9H;(H2,2,3,4). The van der Waals surface area contributed by atoms with E-state index in [0.29, 0.717) is 10.9 Å². The Balaban J connectivity index is 0.000000433. The van der Waals surface area contributed by atoms with Crippen molar-refractivity contribution < 1.29 is 23.8 Å². The fourth-order valence-corrected chi connectivity index (χ4v) is 2.08. The molecule has 0 spiro atoms. The van der Waals surface area contributed by atoms with E-state index in [0.717, 1.165) is 0 Å². The van der Waals surface area contributed by atoms with Crippen molar-refractivity contribution in [2.45, 2.75) is 0 Å². The highest BCUT2D eigenvalue weighted by Gasteiger charge is 2.08. The molecule has 3 aromatic rings. The predicted molar refractivity (Wildman–Crippen MR) is 80.1 cm³/mol. The zero-order valence-corrected chi connectivity index (χ0v) is 11.6. The van der Waals surface area contributed by atoms with Crippen LogP contribution in [0.3, 0.4) is 0 Å². The third-order valence-corrected chi connectivity index (χ3v) is 2.97. The number of carbonyl (C=O) groups is 1. The highest BCUT2D eigenvalue weighted by Crippen LogP contribution is 2.19. The second-order valence-corrected chi connectivity index (χ2v) is 4.45. The molecule has 2 N–H and O–H groups in total. The zero-order valence-electron chi connectivity index (χ0n) is 11.6. The van der Waals surface area contributed by atoms with E-state index in [1.165, 1.54) is 41.1 Å². The second-order valence-electron chi connectivity index (χ2n) is 4.45. The number of carboxylic acid groups (broad SMARTS) is 2. The minimum Gasteiger partial charge on any atom is -0.450 e. The molecule has 118 valence electrons. The lowest BCUT2D eigenvalue weighted by molar-refractivity contribution is 0.137. The number of nitrogens with zero attached hydrogens (tertiary/aromatic N) is 1. The van der Waals surface area contributed by atoms with Crippen LogP contribution in [0.4, 0.5) is 13.6 Å². The molecule has 0 bridgehead atoms. The summed E-state index contributed by atoms with van der Waals surface area (Å²) in [4.78, 5) is 20.3. The molecule has 0 aliphatic rings. The van der Waals surface area contributed by atoms with Crippen LogP contribution in [0.2, 0.25) is 0 Å². The number of rotatable bonds is 1. The van der Waals surface area contributed by atoms with Crippen LogP contribution >= 0.6 is 0 Å². The Bertz CT molecular complexity index is 917. The molecule has 0 radical (unpaired) electrons. The Morgan fingerprint density at radius 3 is 2.30 bits per heavy atom. The SMILES string of the molecule is O=C(O)O.O=c1ccn(-c2ccccc2F)c2cc(F)ccc12. The van der Waals surface area contributed by atoms with Crippen LogP contribution in [0.1, 0.15) is 0 Å². The Morgan fingerprint density at radius 1 is 1.00 bits per heavy atom. The third kappa shape index (κ3) is 3.70. The predicted octanol–water partition coefficient (Wildman–Crippen LogP) is 3.49. The molecular weight excluding hydrogens is 308 g/mol. The number of benzene rings is 2. The summed E-state index contributed by atoms with van der Waals surface area (Å²) in [5.74, 6) is -0.903. The smallest absolute Gasteiger partial charge is 0.450 e. The highest BCUT2D eigenvalue weighted by atomic mass is 19.1. The Labute approximate surface area is 128 Å².